The third-order valence-corrected chi connectivity index (χ3v) is 3.63. The summed E-state index contributed by atoms with van der Waals surface area (Å²) in [4.78, 5) is 4.13. The Hall–Kier alpha value is -2.35. The largest absolute Gasteiger partial charge is 0.573 e. The number of pyridine rings is 1. The summed E-state index contributed by atoms with van der Waals surface area (Å²) >= 11 is 3.21. The molecule has 8 heteroatoms. The highest BCUT2D eigenvalue weighted by Gasteiger charge is 2.31. The van der Waals surface area contributed by atoms with Crippen LogP contribution in [0.4, 0.5) is 13.2 Å². The molecule has 124 valence electrons. The molecule has 0 radical (unpaired) electrons. The fourth-order valence-electron chi connectivity index (χ4n) is 2.29. The van der Waals surface area contributed by atoms with Crippen LogP contribution >= 0.6 is 15.9 Å². The van der Waals surface area contributed by atoms with Crippen LogP contribution in [0, 0.1) is 6.92 Å². The van der Waals surface area contributed by atoms with Gasteiger partial charge in [0.25, 0.3) is 0 Å². The van der Waals surface area contributed by atoms with Gasteiger partial charge in [0.1, 0.15) is 5.75 Å². The SMILES string of the molecule is Cc1cc(-n2nccc2-c2cc(Br)cc(OC(F)(F)F)c2)ccn1. The standard InChI is InChI=1S/C16H11BrF3N3O/c1-10-6-13(2-4-21-10)23-15(3-5-22-23)11-7-12(17)9-14(8-11)24-16(18,19)20/h2-9H,1H3. The van der Waals surface area contributed by atoms with Crippen molar-refractivity contribution in [1.82, 2.24) is 14.8 Å². The van der Waals surface area contributed by atoms with E-state index in [9.17, 15) is 13.2 Å². The third kappa shape index (κ3) is 3.76. The highest BCUT2D eigenvalue weighted by molar-refractivity contribution is 9.10. The molecule has 24 heavy (non-hydrogen) atoms. The lowest BCUT2D eigenvalue weighted by atomic mass is 10.1. The molecular formula is C16H11BrF3N3O. The topological polar surface area (TPSA) is 39.9 Å². The van der Waals surface area contributed by atoms with Crippen molar-refractivity contribution in [3.63, 3.8) is 0 Å². The van der Waals surface area contributed by atoms with E-state index in [1.54, 1.807) is 35.3 Å². The van der Waals surface area contributed by atoms with E-state index in [4.69, 9.17) is 0 Å². The van der Waals surface area contributed by atoms with Gasteiger partial charge < -0.3 is 4.74 Å². The number of ether oxygens (including phenoxy) is 1. The molecule has 3 aromatic rings. The number of rotatable bonds is 3. The zero-order valence-electron chi connectivity index (χ0n) is 12.4. The number of aromatic nitrogens is 3. The number of aryl methyl sites for hydroxylation is 1. The third-order valence-electron chi connectivity index (χ3n) is 3.17. The highest BCUT2D eigenvalue weighted by atomic mass is 79.9. The van der Waals surface area contributed by atoms with Crippen LogP contribution in [-0.4, -0.2) is 21.1 Å². The summed E-state index contributed by atoms with van der Waals surface area (Å²) in [7, 11) is 0. The Balaban J connectivity index is 2.06. The Morgan fingerprint density at radius 1 is 1.08 bits per heavy atom. The van der Waals surface area contributed by atoms with Crippen LogP contribution in [0.15, 0.2) is 53.3 Å². The molecule has 0 aliphatic carbocycles. The molecule has 2 heterocycles. The Morgan fingerprint density at radius 2 is 1.88 bits per heavy atom. The van der Waals surface area contributed by atoms with Gasteiger partial charge >= 0.3 is 6.36 Å². The van der Waals surface area contributed by atoms with Crippen LogP contribution in [0.2, 0.25) is 0 Å². The van der Waals surface area contributed by atoms with Crippen molar-refractivity contribution in [2.45, 2.75) is 13.3 Å². The molecular weight excluding hydrogens is 387 g/mol. The molecule has 1 aromatic carbocycles. The van der Waals surface area contributed by atoms with Crippen LogP contribution in [-0.2, 0) is 0 Å². The number of hydrogen-bond donors (Lipinski definition) is 0. The van der Waals surface area contributed by atoms with Gasteiger partial charge in [-0.25, -0.2) is 4.68 Å². The first kappa shape index (κ1) is 16.5. The molecule has 0 saturated carbocycles. The molecule has 0 amide bonds. The van der Waals surface area contributed by atoms with E-state index in [-0.39, 0.29) is 5.75 Å². The molecule has 3 rings (SSSR count). The molecule has 0 bridgehead atoms. The lowest BCUT2D eigenvalue weighted by molar-refractivity contribution is -0.274. The van der Waals surface area contributed by atoms with E-state index in [0.717, 1.165) is 11.4 Å². The van der Waals surface area contributed by atoms with Gasteiger partial charge in [0.05, 0.1) is 17.6 Å². The predicted octanol–water partition coefficient (Wildman–Crippen LogP) is 4.90. The van der Waals surface area contributed by atoms with Crippen molar-refractivity contribution in [3.05, 3.63) is 59.0 Å². The van der Waals surface area contributed by atoms with Crippen LogP contribution < -0.4 is 4.74 Å². The molecule has 0 aliphatic heterocycles. The van der Waals surface area contributed by atoms with Crippen LogP contribution in [0.3, 0.4) is 0 Å². The minimum atomic E-state index is -4.75. The first-order chi connectivity index (χ1) is 11.3. The van der Waals surface area contributed by atoms with Gasteiger partial charge in [-0.05, 0) is 43.3 Å². The van der Waals surface area contributed by atoms with E-state index >= 15 is 0 Å². The van der Waals surface area contributed by atoms with Crippen LogP contribution in [0.1, 0.15) is 5.69 Å². The van der Waals surface area contributed by atoms with Gasteiger partial charge in [0.15, 0.2) is 0 Å². The molecule has 4 nitrogen and oxygen atoms in total. The summed E-state index contributed by atoms with van der Waals surface area (Å²) in [6, 6.07) is 9.60. The van der Waals surface area contributed by atoms with E-state index in [1.165, 1.54) is 12.1 Å². The Morgan fingerprint density at radius 3 is 2.58 bits per heavy atom. The van der Waals surface area contributed by atoms with Gasteiger partial charge in [-0.2, -0.15) is 5.10 Å². The molecule has 0 N–H and O–H groups in total. The Labute approximate surface area is 144 Å². The predicted molar refractivity (Wildman–Crippen MR) is 85.9 cm³/mol. The molecule has 0 spiro atoms. The van der Waals surface area contributed by atoms with Gasteiger partial charge in [-0.15, -0.1) is 13.2 Å². The van der Waals surface area contributed by atoms with Crippen molar-refractivity contribution < 1.29 is 17.9 Å². The number of alkyl halides is 3. The fraction of sp³-hybridized carbons (Fsp3) is 0.125. The first-order valence-electron chi connectivity index (χ1n) is 6.85. The number of hydrogen-bond acceptors (Lipinski definition) is 3. The Bertz CT molecular complexity index is 877. The van der Waals surface area contributed by atoms with E-state index in [0.29, 0.717) is 15.7 Å². The van der Waals surface area contributed by atoms with Gasteiger partial charge in [-0.3, -0.25) is 4.98 Å². The number of halogens is 4. The van der Waals surface area contributed by atoms with Gasteiger partial charge in [-0.1, -0.05) is 15.9 Å². The summed E-state index contributed by atoms with van der Waals surface area (Å²) < 4.78 is 43.5. The maximum absolute atomic E-state index is 12.5. The monoisotopic (exact) mass is 397 g/mol. The number of nitrogens with zero attached hydrogens (tertiary/aromatic N) is 3. The maximum atomic E-state index is 12.5. The molecule has 0 saturated heterocycles. The summed E-state index contributed by atoms with van der Waals surface area (Å²) in [5.41, 5.74) is 2.74. The molecule has 0 unspecified atom stereocenters. The average molecular weight is 398 g/mol. The minimum absolute atomic E-state index is 0.300. The zero-order valence-corrected chi connectivity index (χ0v) is 14.0. The molecule has 0 atom stereocenters. The van der Waals surface area contributed by atoms with E-state index < -0.39 is 6.36 Å². The van der Waals surface area contributed by atoms with E-state index in [2.05, 4.69) is 30.7 Å². The second-order valence-corrected chi connectivity index (χ2v) is 5.92. The van der Waals surface area contributed by atoms with Crippen molar-refractivity contribution in [2.24, 2.45) is 0 Å². The highest BCUT2D eigenvalue weighted by Crippen LogP contribution is 2.32. The molecule has 0 aliphatic rings. The van der Waals surface area contributed by atoms with Crippen molar-refractivity contribution in [2.75, 3.05) is 0 Å². The lowest BCUT2D eigenvalue weighted by Gasteiger charge is -2.12. The molecule has 2 aromatic heterocycles. The minimum Gasteiger partial charge on any atom is -0.406 e. The maximum Gasteiger partial charge on any atom is 0.573 e. The summed E-state index contributed by atoms with van der Waals surface area (Å²) in [5, 5.41) is 4.25. The van der Waals surface area contributed by atoms with Crippen LogP contribution in [0.25, 0.3) is 16.9 Å². The summed E-state index contributed by atoms with van der Waals surface area (Å²) in [6.45, 7) is 1.85. The van der Waals surface area contributed by atoms with Crippen molar-refractivity contribution in [1.29, 1.82) is 0 Å². The number of benzene rings is 1. The fourth-order valence-corrected chi connectivity index (χ4v) is 2.77. The normalized spacial score (nSPS) is 11.5. The lowest BCUT2D eigenvalue weighted by Crippen LogP contribution is -2.17. The summed E-state index contributed by atoms with van der Waals surface area (Å²) in [6.07, 6.45) is -1.52. The van der Waals surface area contributed by atoms with Gasteiger partial charge in [0.2, 0.25) is 0 Å². The smallest absolute Gasteiger partial charge is 0.406 e. The molecule has 0 fully saturated rings. The van der Waals surface area contributed by atoms with Crippen LogP contribution in [0.5, 0.6) is 5.75 Å². The van der Waals surface area contributed by atoms with E-state index in [1.807, 2.05) is 13.0 Å². The second-order valence-electron chi connectivity index (χ2n) is 5.01. The first-order valence-corrected chi connectivity index (χ1v) is 7.65. The Kier molecular flexibility index (Phi) is 4.31. The second kappa shape index (κ2) is 6.27. The zero-order chi connectivity index (χ0) is 17.3. The van der Waals surface area contributed by atoms with Crippen molar-refractivity contribution >= 4 is 15.9 Å². The average Bonchev–Trinajstić information content (AvgIpc) is 2.94. The quantitative estimate of drug-likeness (QED) is 0.630. The summed E-state index contributed by atoms with van der Waals surface area (Å²) in [5.74, 6) is -0.300. The van der Waals surface area contributed by atoms with Crippen molar-refractivity contribution in [3.8, 4) is 22.7 Å². The van der Waals surface area contributed by atoms with Gasteiger partial charge in [0, 0.05) is 21.9 Å².